The van der Waals surface area contributed by atoms with Crippen LogP contribution in [0.25, 0.3) is 10.8 Å². The van der Waals surface area contributed by atoms with Crippen molar-refractivity contribution in [3.05, 3.63) is 40.7 Å². The molecule has 116 valence electrons. The number of aromatic nitrogens is 1. The van der Waals surface area contributed by atoms with Crippen molar-refractivity contribution in [2.45, 2.75) is 25.8 Å². The number of nitro groups is 1. The smallest absolute Gasteiger partial charge is 0.278 e. The van der Waals surface area contributed by atoms with Crippen LogP contribution in [0.3, 0.4) is 0 Å². The number of nitrogens with two attached hydrogens (primary N) is 1. The van der Waals surface area contributed by atoms with Crippen molar-refractivity contribution in [2.75, 3.05) is 18.0 Å². The summed E-state index contributed by atoms with van der Waals surface area (Å²) in [6.07, 6.45) is 5.49. The molecule has 22 heavy (non-hydrogen) atoms. The summed E-state index contributed by atoms with van der Waals surface area (Å²) in [6.45, 7) is 3.90. The summed E-state index contributed by atoms with van der Waals surface area (Å²) in [4.78, 5) is 17.2. The highest BCUT2D eigenvalue weighted by molar-refractivity contribution is 5.99. The quantitative estimate of drug-likeness (QED) is 0.696. The summed E-state index contributed by atoms with van der Waals surface area (Å²) in [5.41, 5.74) is 7.20. The fourth-order valence-electron chi connectivity index (χ4n) is 3.25. The summed E-state index contributed by atoms with van der Waals surface area (Å²) < 4.78 is 0. The molecule has 6 nitrogen and oxygen atoms in total. The number of anilines is 1. The van der Waals surface area contributed by atoms with Crippen LogP contribution in [-0.2, 0) is 0 Å². The summed E-state index contributed by atoms with van der Waals surface area (Å²) in [7, 11) is 0. The molecule has 3 rings (SSSR count). The van der Waals surface area contributed by atoms with Crippen LogP contribution in [0.1, 0.15) is 19.8 Å². The van der Waals surface area contributed by atoms with E-state index in [2.05, 4.69) is 9.88 Å². The standard InChI is InChI=1S/C16H20N4O2/c1-11(17)12-3-2-8-19(10-12)15-4-5-16(20(21)22)14-9-18-7-6-13(14)15/h4-7,9,11-12H,2-3,8,10,17H2,1H3. The largest absolute Gasteiger partial charge is 0.371 e. The van der Waals surface area contributed by atoms with Crippen LogP contribution in [0, 0.1) is 16.0 Å². The van der Waals surface area contributed by atoms with Crippen LogP contribution in [-0.4, -0.2) is 29.0 Å². The number of pyridine rings is 1. The van der Waals surface area contributed by atoms with Gasteiger partial charge in [-0.2, -0.15) is 0 Å². The minimum absolute atomic E-state index is 0.104. The van der Waals surface area contributed by atoms with Gasteiger partial charge in [0, 0.05) is 48.7 Å². The van der Waals surface area contributed by atoms with E-state index in [4.69, 9.17) is 5.73 Å². The van der Waals surface area contributed by atoms with E-state index < -0.39 is 0 Å². The minimum Gasteiger partial charge on any atom is -0.371 e. The molecule has 0 amide bonds. The van der Waals surface area contributed by atoms with Gasteiger partial charge < -0.3 is 10.6 Å². The van der Waals surface area contributed by atoms with Gasteiger partial charge in [0.05, 0.1) is 10.3 Å². The maximum Gasteiger partial charge on any atom is 0.278 e. The van der Waals surface area contributed by atoms with Crippen molar-refractivity contribution in [3.63, 3.8) is 0 Å². The lowest BCUT2D eigenvalue weighted by atomic mass is 9.91. The molecule has 1 aliphatic heterocycles. The molecule has 6 heteroatoms. The Hall–Kier alpha value is -2.21. The van der Waals surface area contributed by atoms with Crippen LogP contribution < -0.4 is 10.6 Å². The summed E-state index contributed by atoms with van der Waals surface area (Å²) >= 11 is 0. The average molecular weight is 300 g/mol. The van der Waals surface area contributed by atoms with Gasteiger partial charge in [0.1, 0.15) is 0 Å². The van der Waals surface area contributed by atoms with Crippen molar-refractivity contribution >= 4 is 22.1 Å². The first-order valence-electron chi connectivity index (χ1n) is 7.59. The third-order valence-corrected chi connectivity index (χ3v) is 4.51. The normalized spacial score (nSPS) is 20.1. The SMILES string of the molecule is CC(N)C1CCCN(c2ccc([N+](=O)[O-])c3cnccc23)C1. The van der Waals surface area contributed by atoms with E-state index in [0.29, 0.717) is 11.3 Å². The Morgan fingerprint density at radius 2 is 2.23 bits per heavy atom. The fourth-order valence-corrected chi connectivity index (χ4v) is 3.25. The van der Waals surface area contributed by atoms with Crippen molar-refractivity contribution in [2.24, 2.45) is 11.7 Å². The van der Waals surface area contributed by atoms with Crippen LogP contribution in [0.5, 0.6) is 0 Å². The Morgan fingerprint density at radius 3 is 2.95 bits per heavy atom. The lowest BCUT2D eigenvalue weighted by Crippen LogP contribution is -2.42. The van der Waals surface area contributed by atoms with Gasteiger partial charge in [-0.1, -0.05) is 0 Å². The highest BCUT2D eigenvalue weighted by Crippen LogP contribution is 2.35. The predicted molar refractivity (Wildman–Crippen MR) is 87.0 cm³/mol. The van der Waals surface area contributed by atoms with Crippen molar-refractivity contribution in [1.82, 2.24) is 4.98 Å². The summed E-state index contributed by atoms with van der Waals surface area (Å²) in [5, 5.41) is 12.7. The monoisotopic (exact) mass is 300 g/mol. The highest BCUT2D eigenvalue weighted by Gasteiger charge is 2.25. The zero-order valence-corrected chi connectivity index (χ0v) is 12.6. The summed E-state index contributed by atoms with van der Waals surface area (Å²) in [5.74, 6) is 0.459. The maximum atomic E-state index is 11.2. The zero-order chi connectivity index (χ0) is 15.7. The second-order valence-corrected chi connectivity index (χ2v) is 5.99. The van der Waals surface area contributed by atoms with Gasteiger partial charge in [-0.3, -0.25) is 15.1 Å². The van der Waals surface area contributed by atoms with Crippen molar-refractivity contribution < 1.29 is 4.92 Å². The van der Waals surface area contributed by atoms with E-state index in [1.165, 1.54) is 0 Å². The molecule has 2 N–H and O–H groups in total. The van der Waals surface area contributed by atoms with Crippen LogP contribution in [0.2, 0.25) is 0 Å². The maximum absolute atomic E-state index is 11.2. The molecule has 2 aromatic rings. The van der Waals surface area contributed by atoms with Gasteiger partial charge >= 0.3 is 0 Å². The molecule has 0 bridgehead atoms. The molecule has 1 saturated heterocycles. The van der Waals surface area contributed by atoms with E-state index >= 15 is 0 Å². The molecule has 2 unspecified atom stereocenters. The van der Waals surface area contributed by atoms with E-state index in [1.807, 2.05) is 19.1 Å². The number of hydrogen-bond donors (Lipinski definition) is 1. The van der Waals surface area contributed by atoms with Gasteiger partial charge in [-0.05, 0) is 37.8 Å². The van der Waals surface area contributed by atoms with Gasteiger partial charge in [0.2, 0.25) is 0 Å². The molecule has 1 aromatic carbocycles. The third kappa shape index (κ3) is 2.62. The Kier molecular flexibility index (Phi) is 3.94. The molecule has 1 fully saturated rings. The summed E-state index contributed by atoms with van der Waals surface area (Å²) in [6, 6.07) is 5.44. The number of fused-ring (bicyclic) bond motifs is 1. The molecule has 1 aliphatic rings. The number of hydrogen-bond acceptors (Lipinski definition) is 5. The number of piperidine rings is 1. The van der Waals surface area contributed by atoms with E-state index in [1.54, 1.807) is 18.5 Å². The van der Waals surface area contributed by atoms with E-state index in [-0.39, 0.29) is 16.7 Å². The van der Waals surface area contributed by atoms with Crippen molar-refractivity contribution in [1.29, 1.82) is 0 Å². The number of non-ortho nitro benzene ring substituents is 1. The van der Waals surface area contributed by atoms with Gasteiger partial charge in [-0.25, -0.2) is 0 Å². The van der Waals surface area contributed by atoms with Gasteiger partial charge in [0.15, 0.2) is 0 Å². The van der Waals surface area contributed by atoms with Gasteiger partial charge in [-0.15, -0.1) is 0 Å². The van der Waals surface area contributed by atoms with Crippen molar-refractivity contribution in [3.8, 4) is 0 Å². The van der Waals surface area contributed by atoms with E-state index in [9.17, 15) is 10.1 Å². The number of rotatable bonds is 3. The molecule has 1 aromatic heterocycles. The zero-order valence-electron chi connectivity index (χ0n) is 12.6. The number of nitro benzene ring substituents is 1. The van der Waals surface area contributed by atoms with Crippen LogP contribution >= 0.6 is 0 Å². The number of nitrogens with zero attached hydrogens (tertiary/aromatic N) is 3. The fraction of sp³-hybridized carbons (Fsp3) is 0.438. The molecule has 0 spiro atoms. The first-order valence-corrected chi connectivity index (χ1v) is 7.59. The molecular weight excluding hydrogens is 280 g/mol. The Bertz CT molecular complexity index is 702. The van der Waals surface area contributed by atoms with Gasteiger partial charge in [0.25, 0.3) is 5.69 Å². The second-order valence-electron chi connectivity index (χ2n) is 5.99. The Balaban J connectivity index is 2.04. The highest BCUT2D eigenvalue weighted by atomic mass is 16.6. The van der Waals surface area contributed by atoms with Crippen LogP contribution in [0.15, 0.2) is 30.6 Å². The topological polar surface area (TPSA) is 85.3 Å². The lowest BCUT2D eigenvalue weighted by molar-refractivity contribution is -0.383. The molecule has 2 atom stereocenters. The molecular formula is C16H20N4O2. The molecule has 2 heterocycles. The first kappa shape index (κ1) is 14.7. The number of benzene rings is 1. The molecule has 0 saturated carbocycles. The minimum atomic E-state index is -0.352. The third-order valence-electron chi connectivity index (χ3n) is 4.51. The Morgan fingerprint density at radius 1 is 1.41 bits per heavy atom. The first-order chi connectivity index (χ1) is 10.6. The van der Waals surface area contributed by atoms with E-state index in [0.717, 1.165) is 37.0 Å². The van der Waals surface area contributed by atoms with Crippen LogP contribution in [0.4, 0.5) is 11.4 Å². The second kappa shape index (κ2) is 5.88. The lowest BCUT2D eigenvalue weighted by Gasteiger charge is -2.36. The molecule has 0 radical (unpaired) electrons. The average Bonchev–Trinajstić information content (AvgIpc) is 2.53. The predicted octanol–water partition coefficient (Wildman–Crippen LogP) is 2.71. The Labute approximate surface area is 129 Å². The molecule has 0 aliphatic carbocycles.